The first-order valence-electron chi connectivity index (χ1n) is 8.15. The Balaban J connectivity index is 1.90. The van der Waals surface area contributed by atoms with Crippen LogP contribution in [0.5, 0.6) is 5.75 Å². The number of thiazole rings is 1. The Morgan fingerprint density at radius 2 is 1.92 bits per heavy atom. The molecule has 0 bridgehead atoms. The van der Waals surface area contributed by atoms with Gasteiger partial charge in [0, 0.05) is 28.6 Å². The number of carbonyl (C=O) groups is 1. The van der Waals surface area contributed by atoms with Gasteiger partial charge in [0.05, 0.1) is 12.3 Å². The summed E-state index contributed by atoms with van der Waals surface area (Å²) < 4.78 is 5.58. The number of anilines is 1. The van der Waals surface area contributed by atoms with Crippen molar-refractivity contribution in [2.45, 2.75) is 20.8 Å². The zero-order chi connectivity index (χ0) is 17.8. The lowest BCUT2D eigenvalue weighted by Gasteiger charge is -2.04. The fraction of sp³-hybridized carbons (Fsp3) is 0.200. The average molecular weight is 352 g/mol. The molecular formula is C20H20N2O2S. The topological polar surface area (TPSA) is 51.2 Å². The summed E-state index contributed by atoms with van der Waals surface area (Å²) in [5, 5.41) is 3.75. The maximum Gasteiger partial charge on any atom is 0.221 e. The van der Waals surface area contributed by atoms with Crippen LogP contribution >= 0.6 is 11.3 Å². The van der Waals surface area contributed by atoms with Gasteiger partial charge in [0.25, 0.3) is 0 Å². The van der Waals surface area contributed by atoms with Gasteiger partial charge in [-0.2, -0.15) is 0 Å². The van der Waals surface area contributed by atoms with Gasteiger partial charge in [-0.3, -0.25) is 4.79 Å². The molecule has 0 saturated heterocycles. The molecule has 0 saturated carbocycles. The highest BCUT2D eigenvalue weighted by molar-refractivity contribution is 7.15. The Morgan fingerprint density at radius 3 is 2.60 bits per heavy atom. The lowest BCUT2D eigenvalue weighted by molar-refractivity contribution is -0.114. The number of aryl methyl sites for hydroxylation is 1. The molecule has 1 heterocycles. The Bertz CT molecular complexity index is 885. The molecule has 4 nitrogen and oxygen atoms in total. The largest absolute Gasteiger partial charge is 0.494 e. The fourth-order valence-electron chi connectivity index (χ4n) is 2.59. The molecule has 1 N–H and O–H groups in total. The van der Waals surface area contributed by atoms with E-state index in [1.807, 2.05) is 55.5 Å². The number of ether oxygens (including phenoxy) is 1. The second-order valence-electron chi connectivity index (χ2n) is 5.64. The van der Waals surface area contributed by atoms with E-state index < -0.39 is 0 Å². The molecule has 1 aromatic heterocycles. The highest BCUT2D eigenvalue weighted by Gasteiger charge is 2.12. The van der Waals surface area contributed by atoms with Gasteiger partial charge in [-0.05, 0) is 38.1 Å². The Morgan fingerprint density at radius 1 is 1.16 bits per heavy atom. The molecule has 1 amide bonds. The molecule has 3 rings (SSSR count). The monoisotopic (exact) mass is 352 g/mol. The van der Waals surface area contributed by atoms with Crippen LogP contribution in [0.4, 0.5) is 5.69 Å². The second-order valence-corrected chi connectivity index (χ2v) is 6.85. The standard InChI is InChI=1S/C20H20N2O2S/c1-4-24-18-7-5-6-16(12-18)20-22-19(13(2)25-20)15-8-10-17(11-9-15)21-14(3)23/h5-12H,4H2,1-3H3,(H,21,23). The Labute approximate surface area is 151 Å². The van der Waals surface area contributed by atoms with Crippen molar-refractivity contribution in [3.63, 3.8) is 0 Å². The number of benzene rings is 2. The third kappa shape index (κ3) is 4.06. The lowest BCUT2D eigenvalue weighted by Crippen LogP contribution is -2.05. The van der Waals surface area contributed by atoms with Gasteiger partial charge in [0.2, 0.25) is 5.91 Å². The van der Waals surface area contributed by atoms with Crippen LogP contribution in [0.1, 0.15) is 18.7 Å². The number of carbonyl (C=O) groups excluding carboxylic acids is 1. The third-order valence-electron chi connectivity index (χ3n) is 3.67. The van der Waals surface area contributed by atoms with Crippen molar-refractivity contribution in [1.29, 1.82) is 0 Å². The molecule has 0 fully saturated rings. The molecule has 0 aliphatic heterocycles. The van der Waals surface area contributed by atoms with E-state index in [1.165, 1.54) is 6.92 Å². The SMILES string of the molecule is CCOc1cccc(-c2nc(-c3ccc(NC(C)=O)cc3)c(C)s2)c1. The Kier molecular flexibility index (Phi) is 5.14. The van der Waals surface area contributed by atoms with Crippen LogP contribution in [-0.2, 0) is 4.79 Å². The number of hydrogen-bond donors (Lipinski definition) is 1. The Hall–Kier alpha value is -2.66. The average Bonchev–Trinajstić information content (AvgIpc) is 2.98. The minimum atomic E-state index is -0.0749. The van der Waals surface area contributed by atoms with Crippen LogP contribution in [-0.4, -0.2) is 17.5 Å². The predicted molar refractivity (Wildman–Crippen MR) is 103 cm³/mol. The van der Waals surface area contributed by atoms with Gasteiger partial charge in [0.15, 0.2) is 0 Å². The summed E-state index contributed by atoms with van der Waals surface area (Å²) in [6.45, 7) is 6.20. The second kappa shape index (κ2) is 7.49. The quantitative estimate of drug-likeness (QED) is 0.691. The highest BCUT2D eigenvalue weighted by Crippen LogP contribution is 2.34. The van der Waals surface area contributed by atoms with Crippen LogP contribution in [0.15, 0.2) is 48.5 Å². The highest BCUT2D eigenvalue weighted by atomic mass is 32.1. The van der Waals surface area contributed by atoms with Crippen molar-refractivity contribution in [2.75, 3.05) is 11.9 Å². The van der Waals surface area contributed by atoms with Gasteiger partial charge < -0.3 is 10.1 Å². The molecule has 3 aromatic rings. The maximum absolute atomic E-state index is 11.1. The molecule has 0 spiro atoms. The minimum Gasteiger partial charge on any atom is -0.494 e. The van der Waals surface area contributed by atoms with E-state index in [0.717, 1.165) is 38.1 Å². The predicted octanol–water partition coefficient (Wildman–Crippen LogP) is 5.14. The van der Waals surface area contributed by atoms with Crippen LogP contribution in [0.25, 0.3) is 21.8 Å². The molecule has 0 unspecified atom stereocenters. The van der Waals surface area contributed by atoms with E-state index in [4.69, 9.17) is 9.72 Å². The van der Waals surface area contributed by atoms with Crippen molar-refractivity contribution in [3.8, 4) is 27.6 Å². The molecule has 2 aromatic carbocycles. The molecule has 0 radical (unpaired) electrons. The van der Waals surface area contributed by atoms with E-state index in [1.54, 1.807) is 11.3 Å². The normalized spacial score (nSPS) is 10.5. The first-order valence-corrected chi connectivity index (χ1v) is 8.97. The van der Waals surface area contributed by atoms with Crippen LogP contribution in [0.2, 0.25) is 0 Å². The third-order valence-corrected chi connectivity index (χ3v) is 4.69. The zero-order valence-electron chi connectivity index (χ0n) is 14.5. The van der Waals surface area contributed by atoms with Gasteiger partial charge in [-0.25, -0.2) is 4.98 Å². The van der Waals surface area contributed by atoms with Crippen molar-refractivity contribution in [3.05, 3.63) is 53.4 Å². The van der Waals surface area contributed by atoms with Crippen molar-refractivity contribution in [2.24, 2.45) is 0 Å². The number of amides is 1. The van der Waals surface area contributed by atoms with Crippen LogP contribution < -0.4 is 10.1 Å². The van der Waals surface area contributed by atoms with Gasteiger partial charge >= 0.3 is 0 Å². The number of nitrogens with zero attached hydrogens (tertiary/aromatic N) is 1. The summed E-state index contributed by atoms with van der Waals surface area (Å²) in [6, 6.07) is 15.8. The lowest BCUT2D eigenvalue weighted by atomic mass is 10.1. The molecule has 0 aliphatic rings. The van der Waals surface area contributed by atoms with E-state index in [2.05, 4.69) is 12.2 Å². The zero-order valence-corrected chi connectivity index (χ0v) is 15.3. The van der Waals surface area contributed by atoms with E-state index in [9.17, 15) is 4.79 Å². The van der Waals surface area contributed by atoms with Crippen molar-refractivity contribution in [1.82, 2.24) is 4.98 Å². The molecular weight excluding hydrogens is 332 g/mol. The fourth-order valence-corrected chi connectivity index (χ4v) is 3.52. The summed E-state index contributed by atoms with van der Waals surface area (Å²) in [4.78, 5) is 17.1. The van der Waals surface area contributed by atoms with Gasteiger partial charge in [0.1, 0.15) is 10.8 Å². The number of hydrogen-bond acceptors (Lipinski definition) is 4. The minimum absolute atomic E-state index is 0.0749. The van der Waals surface area contributed by atoms with Gasteiger partial charge in [-0.15, -0.1) is 11.3 Å². The van der Waals surface area contributed by atoms with Crippen molar-refractivity contribution >= 4 is 22.9 Å². The van der Waals surface area contributed by atoms with Crippen LogP contribution in [0.3, 0.4) is 0 Å². The summed E-state index contributed by atoms with van der Waals surface area (Å²) >= 11 is 1.67. The summed E-state index contributed by atoms with van der Waals surface area (Å²) in [5.74, 6) is 0.781. The summed E-state index contributed by atoms with van der Waals surface area (Å²) in [5.41, 5.74) is 3.85. The van der Waals surface area contributed by atoms with E-state index in [-0.39, 0.29) is 5.91 Å². The molecule has 25 heavy (non-hydrogen) atoms. The summed E-state index contributed by atoms with van der Waals surface area (Å²) in [7, 11) is 0. The molecule has 0 aliphatic carbocycles. The van der Waals surface area contributed by atoms with E-state index >= 15 is 0 Å². The maximum atomic E-state index is 11.1. The first-order chi connectivity index (χ1) is 12.1. The molecule has 0 atom stereocenters. The first kappa shape index (κ1) is 17.2. The molecule has 5 heteroatoms. The van der Waals surface area contributed by atoms with Gasteiger partial charge in [-0.1, -0.05) is 24.3 Å². The number of nitrogens with one attached hydrogen (secondary N) is 1. The van der Waals surface area contributed by atoms with Crippen molar-refractivity contribution < 1.29 is 9.53 Å². The number of rotatable bonds is 5. The number of aromatic nitrogens is 1. The smallest absolute Gasteiger partial charge is 0.221 e. The molecule has 128 valence electrons. The van der Waals surface area contributed by atoms with E-state index in [0.29, 0.717) is 6.61 Å². The van der Waals surface area contributed by atoms with Crippen LogP contribution in [0, 0.1) is 6.92 Å². The summed E-state index contributed by atoms with van der Waals surface area (Å²) in [6.07, 6.45) is 0.